The molecule has 0 aromatic heterocycles. The second-order valence-electron chi connectivity index (χ2n) is 4.13. The highest BCUT2D eigenvalue weighted by Gasteiger charge is 2.38. The Morgan fingerprint density at radius 1 is 1.56 bits per heavy atom. The molecule has 1 aromatic carbocycles. The molecule has 2 N–H and O–H groups in total. The first-order valence-corrected chi connectivity index (χ1v) is 5.74. The lowest BCUT2D eigenvalue weighted by atomic mass is 9.91. The number of benzene rings is 1. The molecular formula is C11H13BrFN3. The molecule has 0 amide bonds. The molecule has 3 nitrogen and oxygen atoms in total. The van der Waals surface area contributed by atoms with E-state index in [1.54, 1.807) is 11.0 Å². The monoisotopic (exact) mass is 285 g/mol. The van der Waals surface area contributed by atoms with Crippen LogP contribution in [0.4, 0.5) is 4.39 Å². The van der Waals surface area contributed by atoms with Gasteiger partial charge in [0.25, 0.3) is 0 Å². The third kappa shape index (κ3) is 1.59. The maximum atomic E-state index is 13.9. The Hall–Kier alpha value is -1.10. The summed E-state index contributed by atoms with van der Waals surface area (Å²) in [4.78, 5) is 5.96. The fourth-order valence-electron chi connectivity index (χ4n) is 1.89. The molecule has 1 atom stereocenters. The lowest BCUT2D eigenvalue weighted by Crippen LogP contribution is -2.45. The molecule has 16 heavy (non-hydrogen) atoms. The summed E-state index contributed by atoms with van der Waals surface area (Å²) in [5, 5.41) is 0. The van der Waals surface area contributed by atoms with E-state index < -0.39 is 5.54 Å². The fraction of sp³-hybridized carbons (Fsp3) is 0.364. The normalized spacial score (nSPS) is 24.8. The van der Waals surface area contributed by atoms with Crippen molar-refractivity contribution in [3.8, 4) is 0 Å². The van der Waals surface area contributed by atoms with Crippen LogP contribution in [0.2, 0.25) is 0 Å². The Balaban J connectivity index is 2.45. The van der Waals surface area contributed by atoms with Crippen LogP contribution in [0.3, 0.4) is 0 Å². The smallest absolute Gasteiger partial charge is 0.191 e. The van der Waals surface area contributed by atoms with E-state index in [1.807, 2.05) is 20.0 Å². The van der Waals surface area contributed by atoms with Gasteiger partial charge in [0.2, 0.25) is 0 Å². The summed E-state index contributed by atoms with van der Waals surface area (Å²) in [6.45, 7) is 2.41. The van der Waals surface area contributed by atoms with Gasteiger partial charge < -0.3 is 10.6 Å². The molecule has 1 aliphatic rings. The number of nitrogens with two attached hydrogens (primary N) is 1. The van der Waals surface area contributed by atoms with Gasteiger partial charge in [-0.3, -0.25) is 4.99 Å². The van der Waals surface area contributed by atoms with Crippen LogP contribution in [-0.2, 0) is 5.54 Å². The minimum absolute atomic E-state index is 0.242. The molecule has 86 valence electrons. The first kappa shape index (κ1) is 11.4. The Morgan fingerprint density at radius 3 is 2.75 bits per heavy atom. The van der Waals surface area contributed by atoms with Gasteiger partial charge in [-0.1, -0.05) is 22.0 Å². The van der Waals surface area contributed by atoms with Crippen LogP contribution in [0.5, 0.6) is 0 Å². The predicted octanol–water partition coefficient (Wildman–Crippen LogP) is 2.06. The van der Waals surface area contributed by atoms with Crippen molar-refractivity contribution >= 4 is 21.9 Å². The van der Waals surface area contributed by atoms with Crippen molar-refractivity contribution < 1.29 is 4.39 Å². The lowest BCUT2D eigenvalue weighted by Gasteiger charge is -2.33. The van der Waals surface area contributed by atoms with E-state index >= 15 is 0 Å². The van der Waals surface area contributed by atoms with E-state index in [1.165, 1.54) is 6.07 Å². The Bertz CT molecular complexity index is 461. The van der Waals surface area contributed by atoms with Gasteiger partial charge in [-0.25, -0.2) is 4.39 Å². The Kier molecular flexibility index (Phi) is 2.66. The largest absolute Gasteiger partial charge is 0.370 e. The van der Waals surface area contributed by atoms with Crippen molar-refractivity contribution in [2.24, 2.45) is 10.7 Å². The molecule has 0 spiro atoms. The van der Waals surface area contributed by atoms with Crippen LogP contribution >= 0.6 is 15.9 Å². The second kappa shape index (κ2) is 3.73. The van der Waals surface area contributed by atoms with Crippen molar-refractivity contribution in [1.82, 2.24) is 4.90 Å². The van der Waals surface area contributed by atoms with Crippen LogP contribution in [0.1, 0.15) is 12.5 Å². The maximum Gasteiger partial charge on any atom is 0.191 e. The van der Waals surface area contributed by atoms with Crippen molar-refractivity contribution in [2.75, 3.05) is 13.6 Å². The van der Waals surface area contributed by atoms with Gasteiger partial charge in [0.15, 0.2) is 5.96 Å². The minimum Gasteiger partial charge on any atom is -0.370 e. The van der Waals surface area contributed by atoms with Gasteiger partial charge in [0.1, 0.15) is 5.82 Å². The van der Waals surface area contributed by atoms with Crippen molar-refractivity contribution in [3.63, 3.8) is 0 Å². The molecule has 1 unspecified atom stereocenters. The summed E-state index contributed by atoms with van der Waals surface area (Å²) in [6.07, 6.45) is 0. The third-order valence-corrected chi connectivity index (χ3v) is 3.64. The van der Waals surface area contributed by atoms with Crippen molar-refractivity contribution in [3.05, 3.63) is 34.1 Å². The Morgan fingerprint density at radius 2 is 2.25 bits per heavy atom. The second-order valence-corrected chi connectivity index (χ2v) is 5.05. The molecule has 5 heteroatoms. The zero-order chi connectivity index (χ0) is 11.9. The van der Waals surface area contributed by atoms with E-state index in [0.29, 0.717) is 18.1 Å². The Labute approximate surface area is 102 Å². The molecule has 0 radical (unpaired) electrons. The molecule has 1 aromatic rings. The van der Waals surface area contributed by atoms with E-state index in [9.17, 15) is 4.39 Å². The minimum atomic E-state index is -0.491. The highest BCUT2D eigenvalue weighted by Crippen LogP contribution is 2.33. The number of likely N-dealkylation sites (N-methyl/N-ethyl adjacent to an activating group) is 1. The fourth-order valence-corrected chi connectivity index (χ4v) is 2.23. The zero-order valence-corrected chi connectivity index (χ0v) is 10.8. The topological polar surface area (TPSA) is 41.6 Å². The summed E-state index contributed by atoms with van der Waals surface area (Å²) in [7, 11) is 1.83. The first-order valence-electron chi connectivity index (χ1n) is 4.94. The quantitative estimate of drug-likeness (QED) is 0.858. The van der Waals surface area contributed by atoms with Crippen molar-refractivity contribution in [2.45, 2.75) is 12.5 Å². The molecule has 1 heterocycles. The first-order chi connectivity index (χ1) is 7.45. The van der Waals surface area contributed by atoms with Gasteiger partial charge >= 0.3 is 0 Å². The van der Waals surface area contributed by atoms with Gasteiger partial charge in [-0.15, -0.1) is 0 Å². The SMILES string of the molecule is CN1C(N)=NCC1(C)c1ccc(Br)cc1F. The molecule has 0 saturated carbocycles. The number of guanidine groups is 1. The molecule has 2 rings (SSSR count). The summed E-state index contributed by atoms with van der Waals surface area (Å²) in [6, 6.07) is 5.05. The van der Waals surface area contributed by atoms with Crippen LogP contribution in [0.15, 0.2) is 27.7 Å². The number of nitrogens with zero attached hydrogens (tertiary/aromatic N) is 2. The number of rotatable bonds is 1. The predicted molar refractivity (Wildman–Crippen MR) is 65.7 cm³/mol. The maximum absolute atomic E-state index is 13.9. The molecule has 1 aliphatic heterocycles. The number of hydrogen-bond donors (Lipinski definition) is 1. The van der Waals surface area contributed by atoms with E-state index in [2.05, 4.69) is 20.9 Å². The number of halogens is 2. The third-order valence-electron chi connectivity index (χ3n) is 3.14. The van der Waals surface area contributed by atoms with Crippen LogP contribution in [-0.4, -0.2) is 24.5 Å². The average Bonchev–Trinajstić information content (AvgIpc) is 2.47. The molecule has 0 fully saturated rings. The van der Waals surface area contributed by atoms with Crippen LogP contribution in [0, 0.1) is 5.82 Å². The molecule has 0 saturated heterocycles. The average molecular weight is 286 g/mol. The van der Waals surface area contributed by atoms with E-state index in [4.69, 9.17) is 5.73 Å². The summed E-state index contributed by atoms with van der Waals surface area (Å²) in [5.41, 5.74) is 5.84. The van der Waals surface area contributed by atoms with Gasteiger partial charge in [-0.2, -0.15) is 0 Å². The number of hydrogen-bond acceptors (Lipinski definition) is 3. The van der Waals surface area contributed by atoms with Crippen molar-refractivity contribution in [1.29, 1.82) is 0 Å². The van der Waals surface area contributed by atoms with Crippen LogP contribution < -0.4 is 5.73 Å². The van der Waals surface area contributed by atoms with Gasteiger partial charge in [0, 0.05) is 17.1 Å². The lowest BCUT2D eigenvalue weighted by molar-refractivity contribution is 0.258. The summed E-state index contributed by atoms with van der Waals surface area (Å²) >= 11 is 3.24. The summed E-state index contributed by atoms with van der Waals surface area (Å²) < 4.78 is 14.6. The molecule has 0 bridgehead atoms. The van der Waals surface area contributed by atoms with Gasteiger partial charge in [0.05, 0.1) is 12.1 Å². The van der Waals surface area contributed by atoms with Gasteiger partial charge in [-0.05, 0) is 19.1 Å². The van der Waals surface area contributed by atoms with E-state index in [-0.39, 0.29) is 5.82 Å². The van der Waals surface area contributed by atoms with Crippen LogP contribution in [0.25, 0.3) is 0 Å². The standard InChI is InChI=1S/C11H13BrFN3/c1-11(6-15-10(14)16(11)2)8-4-3-7(12)5-9(8)13/h3-5H,6H2,1-2H3,(H2,14,15). The number of aliphatic imine (C=N–C) groups is 1. The van der Waals surface area contributed by atoms with E-state index in [0.717, 1.165) is 4.47 Å². The molecule has 0 aliphatic carbocycles. The highest BCUT2D eigenvalue weighted by molar-refractivity contribution is 9.10. The highest BCUT2D eigenvalue weighted by atomic mass is 79.9. The zero-order valence-electron chi connectivity index (χ0n) is 9.17. The molecular weight excluding hydrogens is 273 g/mol. The summed E-state index contributed by atoms with van der Waals surface area (Å²) in [5.74, 6) is 0.207.